The zero-order valence-corrected chi connectivity index (χ0v) is 12.1. The van der Waals surface area contributed by atoms with Crippen LogP contribution in [0.2, 0.25) is 10.0 Å². The van der Waals surface area contributed by atoms with Gasteiger partial charge in [-0.1, -0.05) is 29.3 Å². The normalized spacial score (nSPS) is 10.4. The lowest BCUT2D eigenvalue weighted by Crippen LogP contribution is -1.96. The van der Waals surface area contributed by atoms with Gasteiger partial charge < -0.3 is 5.32 Å². The summed E-state index contributed by atoms with van der Waals surface area (Å²) in [5, 5.41) is 4.39. The van der Waals surface area contributed by atoms with Gasteiger partial charge >= 0.3 is 0 Å². The van der Waals surface area contributed by atoms with E-state index < -0.39 is 0 Å². The van der Waals surface area contributed by atoms with Gasteiger partial charge in [-0.05, 0) is 46.6 Å². The van der Waals surface area contributed by atoms with Gasteiger partial charge in [0.1, 0.15) is 5.82 Å². The summed E-state index contributed by atoms with van der Waals surface area (Å²) in [5.41, 5.74) is 1.98. The standard InChI is InChI=1S/C12H9BrCl2N2/c1-7-2-3-9(14)5-11(7)17-12-10(15)4-8(13)6-16-12/h2-6H,1H3,(H,16,17). The highest BCUT2D eigenvalue weighted by Crippen LogP contribution is 2.28. The predicted octanol–water partition coefficient (Wildman–Crippen LogP) is 5.20. The van der Waals surface area contributed by atoms with Gasteiger partial charge in [0.05, 0.1) is 5.02 Å². The van der Waals surface area contributed by atoms with Gasteiger partial charge in [0.25, 0.3) is 0 Å². The van der Waals surface area contributed by atoms with Gasteiger partial charge in [0.15, 0.2) is 0 Å². The minimum atomic E-state index is 0.554. The molecule has 0 saturated heterocycles. The highest BCUT2D eigenvalue weighted by molar-refractivity contribution is 9.10. The second kappa shape index (κ2) is 5.25. The Morgan fingerprint density at radius 1 is 1.24 bits per heavy atom. The third-order valence-electron chi connectivity index (χ3n) is 2.26. The maximum absolute atomic E-state index is 6.08. The summed E-state index contributed by atoms with van der Waals surface area (Å²) < 4.78 is 0.843. The van der Waals surface area contributed by atoms with Gasteiger partial charge in [-0.2, -0.15) is 0 Å². The second-order valence-corrected chi connectivity index (χ2v) is 5.33. The average Bonchev–Trinajstić information content (AvgIpc) is 2.27. The molecule has 17 heavy (non-hydrogen) atoms. The van der Waals surface area contributed by atoms with Crippen molar-refractivity contribution in [2.75, 3.05) is 5.32 Å². The minimum absolute atomic E-state index is 0.554. The van der Waals surface area contributed by atoms with Gasteiger partial charge in [0.2, 0.25) is 0 Å². The quantitative estimate of drug-likeness (QED) is 0.817. The molecule has 0 aliphatic carbocycles. The molecule has 0 atom stereocenters. The summed E-state index contributed by atoms with van der Waals surface area (Å²) >= 11 is 15.3. The van der Waals surface area contributed by atoms with E-state index in [4.69, 9.17) is 23.2 Å². The van der Waals surface area contributed by atoms with Gasteiger partial charge in [-0.3, -0.25) is 0 Å². The van der Waals surface area contributed by atoms with Crippen LogP contribution in [0.5, 0.6) is 0 Å². The molecule has 5 heteroatoms. The Bertz CT molecular complexity index is 558. The molecular weight excluding hydrogens is 323 g/mol. The number of anilines is 2. The Balaban J connectivity index is 2.34. The number of hydrogen-bond donors (Lipinski definition) is 1. The molecule has 0 saturated carbocycles. The zero-order valence-electron chi connectivity index (χ0n) is 8.97. The lowest BCUT2D eigenvalue weighted by Gasteiger charge is -2.10. The number of pyridine rings is 1. The van der Waals surface area contributed by atoms with Crippen LogP contribution in [0, 0.1) is 6.92 Å². The van der Waals surface area contributed by atoms with Crippen LogP contribution in [0.25, 0.3) is 0 Å². The summed E-state index contributed by atoms with van der Waals surface area (Å²) in [7, 11) is 0. The first-order valence-corrected chi connectivity index (χ1v) is 6.45. The number of rotatable bonds is 2. The number of nitrogens with one attached hydrogen (secondary N) is 1. The highest BCUT2D eigenvalue weighted by atomic mass is 79.9. The van der Waals surface area contributed by atoms with Crippen LogP contribution in [-0.2, 0) is 0 Å². The molecule has 0 aliphatic rings. The lowest BCUT2D eigenvalue weighted by molar-refractivity contribution is 1.28. The van der Waals surface area contributed by atoms with Crippen LogP contribution in [0.4, 0.5) is 11.5 Å². The number of aryl methyl sites for hydroxylation is 1. The average molecular weight is 332 g/mol. The van der Waals surface area contributed by atoms with Crippen LogP contribution in [-0.4, -0.2) is 4.98 Å². The SMILES string of the molecule is Cc1ccc(Cl)cc1Nc1ncc(Br)cc1Cl. The third-order valence-corrected chi connectivity index (χ3v) is 3.22. The molecule has 2 nitrogen and oxygen atoms in total. The summed E-state index contributed by atoms with van der Waals surface area (Å²) in [4.78, 5) is 4.21. The fourth-order valence-electron chi connectivity index (χ4n) is 1.36. The van der Waals surface area contributed by atoms with Crippen molar-refractivity contribution in [1.29, 1.82) is 0 Å². The molecule has 1 heterocycles. The number of benzene rings is 1. The van der Waals surface area contributed by atoms with E-state index >= 15 is 0 Å². The van der Waals surface area contributed by atoms with E-state index in [1.54, 1.807) is 12.3 Å². The van der Waals surface area contributed by atoms with Gasteiger partial charge in [0, 0.05) is 21.4 Å². The first kappa shape index (κ1) is 12.7. The van der Waals surface area contributed by atoms with Crippen molar-refractivity contribution >= 4 is 50.6 Å². The minimum Gasteiger partial charge on any atom is -0.339 e. The molecule has 1 aromatic carbocycles. The second-order valence-electron chi connectivity index (χ2n) is 3.57. The summed E-state index contributed by atoms with van der Waals surface area (Å²) in [6.45, 7) is 1.99. The maximum Gasteiger partial charge on any atom is 0.149 e. The first-order chi connectivity index (χ1) is 8.06. The maximum atomic E-state index is 6.08. The van der Waals surface area contributed by atoms with Crippen LogP contribution >= 0.6 is 39.1 Å². The van der Waals surface area contributed by atoms with Crippen LogP contribution in [0.1, 0.15) is 5.56 Å². The van der Waals surface area contributed by atoms with Crippen molar-refractivity contribution in [2.24, 2.45) is 0 Å². The van der Waals surface area contributed by atoms with E-state index in [0.29, 0.717) is 15.9 Å². The van der Waals surface area contributed by atoms with Crippen LogP contribution in [0.3, 0.4) is 0 Å². The molecule has 2 aromatic rings. The lowest BCUT2D eigenvalue weighted by atomic mass is 10.2. The van der Waals surface area contributed by atoms with Crippen molar-refractivity contribution in [2.45, 2.75) is 6.92 Å². The van der Waals surface area contributed by atoms with Crippen molar-refractivity contribution in [3.05, 3.63) is 50.5 Å². The largest absolute Gasteiger partial charge is 0.339 e. The molecule has 0 spiro atoms. The molecule has 0 radical (unpaired) electrons. The summed E-state index contributed by atoms with van der Waals surface area (Å²) in [5.74, 6) is 0.611. The Morgan fingerprint density at radius 2 is 2.00 bits per heavy atom. The smallest absolute Gasteiger partial charge is 0.149 e. The van der Waals surface area contributed by atoms with Crippen LogP contribution in [0.15, 0.2) is 34.9 Å². The molecular formula is C12H9BrCl2N2. The van der Waals surface area contributed by atoms with Gasteiger partial charge in [-0.15, -0.1) is 0 Å². The Hall–Kier alpha value is -0.770. The fourth-order valence-corrected chi connectivity index (χ4v) is 2.21. The summed E-state index contributed by atoms with van der Waals surface area (Å²) in [6.07, 6.45) is 1.69. The van der Waals surface area contributed by atoms with Crippen molar-refractivity contribution < 1.29 is 0 Å². The van der Waals surface area contributed by atoms with Crippen molar-refractivity contribution in [1.82, 2.24) is 4.98 Å². The van der Waals surface area contributed by atoms with E-state index in [-0.39, 0.29) is 0 Å². The van der Waals surface area contributed by atoms with Crippen molar-refractivity contribution in [3.8, 4) is 0 Å². The Morgan fingerprint density at radius 3 is 2.71 bits per heavy atom. The van der Waals surface area contributed by atoms with Gasteiger partial charge in [-0.25, -0.2) is 4.98 Å². The summed E-state index contributed by atoms with van der Waals surface area (Å²) in [6, 6.07) is 7.42. The molecule has 1 aromatic heterocycles. The molecule has 88 valence electrons. The Labute approximate surface area is 118 Å². The van der Waals surface area contributed by atoms with Crippen LogP contribution < -0.4 is 5.32 Å². The number of hydrogen-bond acceptors (Lipinski definition) is 2. The molecule has 0 fully saturated rings. The highest BCUT2D eigenvalue weighted by Gasteiger charge is 2.05. The van der Waals surface area contributed by atoms with E-state index in [1.165, 1.54) is 0 Å². The number of nitrogens with zero attached hydrogens (tertiary/aromatic N) is 1. The molecule has 0 bridgehead atoms. The fraction of sp³-hybridized carbons (Fsp3) is 0.0833. The molecule has 0 amide bonds. The molecule has 2 rings (SSSR count). The van der Waals surface area contributed by atoms with Crippen molar-refractivity contribution in [3.63, 3.8) is 0 Å². The topological polar surface area (TPSA) is 24.9 Å². The number of aromatic nitrogens is 1. The molecule has 0 unspecified atom stereocenters. The van der Waals surface area contributed by atoms with E-state index in [1.807, 2.05) is 25.1 Å². The zero-order chi connectivity index (χ0) is 12.4. The molecule has 1 N–H and O–H groups in total. The van der Waals surface area contributed by atoms with E-state index in [2.05, 4.69) is 26.2 Å². The monoisotopic (exact) mass is 330 g/mol. The number of halogens is 3. The third kappa shape index (κ3) is 3.12. The van der Waals surface area contributed by atoms with E-state index in [9.17, 15) is 0 Å². The molecule has 0 aliphatic heterocycles. The predicted molar refractivity (Wildman–Crippen MR) is 76.4 cm³/mol. The Kier molecular flexibility index (Phi) is 3.92. The first-order valence-electron chi connectivity index (χ1n) is 4.90. The van der Waals surface area contributed by atoms with E-state index in [0.717, 1.165) is 15.7 Å².